The minimum Gasteiger partial charge on any atom is -0.310 e. The fraction of sp³-hybridized carbons (Fsp3) is 0.625. The highest BCUT2D eigenvalue weighted by Gasteiger charge is 2.39. The molecule has 1 fully saturated rings. The van der Waals surface area contributed by atoms with Crippen LogP contribution < -0.4 is 5.32 Å². The summed E-state index contributed by atoms with van der Waals surface area (Å²) in [6.45, 7) is 8.66. The zero-order chi connectivity index (χ0) is 13.9. The molecule has 1 saturated heterocycles. The van der Waals surface area contributed by atoms with Gasteiger partial charge in [0.1, 0.15) is 6.67 Å². The number of nitrogens with zero attached hydrogens (tertiary/aromatic N) is 1. The molecule has 0 amide bonds. The van der Waals surface area contributed by atoms with Crippen LogP contribution in [0.1, 0.15) is 26.3 Å². The second-order valence-electron chi connectivity index (χ2n) is 6.01. The second kappa shape index (κ2) is 6.02. The molecule has 1 aliphatic heterocycles. The molecule has 3 heteroatoms. The molecule has 2 unspecified atom stereocenters. The molecule has 1 aromatic rings. The maximum absolute atomic E-state index is 12.9. The van der Waals surface area contributed by atoms with Crippen molar-refractivity contribution < 1.29 is 4.39 Å². The number of piperazine rings is 1. The SMILES string of the molecule is CC(C)C1CN(CCF)C(C)(c2ccccc2)CN1. The molecule has 0 aliphatic carbocycles. The molecule has 106 valence electrons. The van der Waals surface area contributed by atoms with E-state index in [0.29, 0.717) is 18.5 Å². The largest absolute Gasteiger partial charge is 0.310 e. The molecule has 1 heterocycles. The lowest BCUT2D eigenvalue weighted by Gasteiger charge is -2.49. The van der Waals surface area contributed by atoms with Crippen LogP contribution in [0.3, 0.4) is 0 Å². The smallest absolute Gasteiger partial charge is 0.102 e. The summed E-state index contributed by atoms with van der Waals surface area (Å²) in [5, 5.41) is 3.63. The Balaban J connectivity index is 2.23. The molecule has 2 nitrogen and oxygen atoms in total. The normalized spacial score (nSPS) is 28.8. The van der Waals surface area contributed by atoms with Gasteiger partial charge in [-0.15, -0.1) is 0 Å². The maximum atomic E-state index is 12.9. The Hall–Kier alpha value is -0.930. The van der Waals surface area contributed by atoms with Crippen LogP contribution in [0.25, 0.3) is 0 Å². The van der Waals surface area contributed by atoms with E-state index in [2.05, 4.69) is 55.3 Å². The predicted octanol–water partition coefficient (Wildman–Crippen LogP) is 2.80. The van der Waals surface area contributed by atoms with Gasteiger partial charge in [0.05, 0.1) is 5.54 Å². The molecule has 2 rings (SSSR count). The van der Waals surface area contributed by atoms with E-state index in [0.717, 1.165) is 13.1 Å². The number of nitrogens with one attached hydrogen (secondary N) is 1. The van der Waals surface area contributed by atoms with E-state index in [-0.39, 0.29) is 12.2 Å². The first-order chi connectivity index (χ1) is 9.08. The van der Waals surface area contributed by atoms with Gasteiger partial charge in [-0.25, -0.2) is 4.39 Å². The Morgan fingerprint density at radius 2 is 2.05 bits per heavy atom. The van der Waals surface area contributed by atoms with Gasteiger partial charge in [0.2, 0.25) is 0 Å². The molecule has 0 radical (unpaired) electrons. The molecule has 0 aromatic heterocycles. The standard InChI is InChI=1S/C16H25FN2/c1-13(2)15-11-19(10-9-17)16(3,12-18-15)14-7-5-4-6-8-14/h4-8,13,15,18H,9-12H2,1-3H3. The van der Waals surface area contributed by atoms with Crippen LogP contribution in [-0.4, -0.2) is 37.3 Å². The van der Waals surface area contributed by atoms with E-state index >= 15 is 0 Å². The summed E-state index contributed by atoms with van der Waals surface area (Å²) in [6, 6.07) is 10.9. The van der Waals surface area contributed by atoms with E-state index in [1.807, 2.05) is 6.07 Å². The minimum atomic E-state index is -0.284. The van der Waals surface area contributed by atoms with Crippen molar-refractivity contribution in [3.63, 3.8) is 0 Å². The summed E-state index contributed by atoms with van der Waals surface area (Å²) in [5.41, 5.74) is 1.15. The lowest BCUT2D eigenvalue weighted by atomic mass is 9.85. The van der Waals surface area contributed by atoms with Crippen LogP contribution in [-0.2, 0) is 5.54 Å². The average molecular weight is 264 g/mol. The highest BCUT2D eigenvalue weighted by molar-refractivity contribution is 5.25. The third kappa shape index (κ3) is 2.98. The Kier molecular flexibility index (Phi) is 4.58. The first-order valence-electron chi connectivity index (χ1n) is 7.18. The second-order valence-corrected chi connectivity index (χ2v) is 6.01. The number of hydrogen-bond donors (Lipinski definition) is 1. The van der Waals surface area contributed by atoms with E-state index in [1.54, 1.807) is 0 Å². The lowest BCUT2D eigenvalue weighted by Crippen LogP contribution is -2.63. The quantitative estimate of drug-likeness (QED) is 0.899. The minimum absolute atomic E-state index is 0.112. The van der Waals surface area contributed by atoms with Crippen LogP contribution in [0.5, 0.6) is 0 Å². The van der Waals surface area contributed by atoms with Gasteiger partial charge >= 0.3 is 0 Å². The van der Waals surface area contributed by atoms with Crippen molar-refractivity contribution in [1.82, 2.24) is 10.2 Å². The summed E-state index contributed by atoms with van der Waals surface area (Å²) >= 11 is 0. The van der Waals surface area contributed by atoms with Crippen LogP contribution in [0.2, 0.25) is 0 Å². The Bertz CT molecular complexity index is 393. The van der Waals surface area contributed by atoms with Gasteiger partial charge in [-0.2, -0.15) is 0 Å². The van der Waals surface area contributed by atoms with E-state index in [1.165, 1.54) is 5.56 Å². The van der Waals surface area contributed by atoms with Gasteiger partial charge in [-0.1, -0.05) is 44.2 Å². The van der Waals surface area contributed by atoms with Gasteiger partial charge in [-0.05, 0) is 18.4 Å². The lowest BCUT2D eigenvalue weighted by molar-refractivity contribution is 0.0341. The van der Waals surface area contributed by atoms with Crippen molar-refractivity contribution in [2.45, 2.75) is 32.4 Å². The molecule has 1 N–H and O–H groups in total. The Labute approximate surface area is 116 Å². The summed E-state index contributed by atoms with van der Waals surface area (Å²) in [4.78, 5) is 2.30. The first-order valence-corrected chi connectivity index (χ1v) is 7.18. The van der Waals surface area contributed by atoms with Crippen molar-refractivity contribution in [3.05, 3.63) is 35.9 Å². The average Bonchev–Trinajstić information content (AvgIpc) is 2.42. The van der Waals surface area contributed by atoms with E-state index in [4.69, 9.17) is 0 Å². The number of alkyl halides is 1. The highest BCUT2D eigenvalue weighted by atomic mass is 19.1. The van der Waals surface area contributed by atoms with Crippen molar-refractivity contribution in [2.24, 2.45) is 5.92 Å². The fourth-order valence-electron chi connectivity index (χ4n) is 2.91. The summed E-state index contributed by atoms with van der Waals surface area (Å²) < 4.78 is 12.9. The third-order valence-electron chi connectivity index (χ3n) is 4.38. The van der Waals surface area contributed by atoms with Gasteiger partial charge in [-0.3, -0.25) is 4.90 Å². The molecular weight excluding hydrogens is 239 g/mol. The predicted molar refractivity (Wildman–Crippen MR) is 78.0 cm³/mol. The van der Waals surface area contributed by atoms with Crippen molar-refractivity contribution in [3.8, 4) is 0 Å². The zero-order valence-electron chi connectivity index (χ0n) is 12.2. The summed E-state index contributed by atoms with van der Waals surface area (Å²) in [6.07, 6.45) is 0. The number of halogens is 1. The summed E-state index contributed by atoms with van der Waals surface area (Å²) in [7, 11) is 0. The van der Waals surface area contributed by atoms with Gasteiger partial charge in [0.25, 0.3) is 0 Å². The van der Waals surface area contributed by atoms with Crippen LogP contribution in [0.15, 0.2) is 30.3 Å². The molecule has 0 bridgehead atoms. The van der Waals surface area contributed by atoms with Crippen LogP contribution in [0.4, 0.5) is 4.39 Å². The van der Waals surface area contributed by atoms with E-state index < -0.39 is 0 Å². The number of hydrogen-bond acceptors (Lipinski definition) is 2. The van der Waals surface area contributed by atoms with Gasteiger partial charge < -0.3 is 5.32 Å². The summed E-state index contributed by atoms with van der Waals surface area (Å²) in [5.74, 6) is 0.572. The monoisotopic (exact) mass is 264 g/mol. The molecule has 19 heavy (non-hydrogen) atoms. The van der Waals surface area contributed by atoms with Crippen LogP contribution >= 0.6 is 0 Å². The molecular formula is C16H25FN2. The molecule has 1 aromatic carbocycles. The highest BCUT2D eigenvalue weighted by Crippen LogP contribution is 2.31. The number of rotatable bonds is 4. The zero-order valence-corrected chi connectivity index (χ0v) is 12.2. The molecule has 2 atom stereocenters. The van der Waals surface area contributed by atoms with Crippen molar-refractivity contribution >= 4 is 0 Å². The van der Waals surface area contributed by atoms with Gasteiger partial charge in [0, 0.05) is 25.7 Å². The Morgan fingerprint density at radius 1 is 1.37 bits per heavy atom. The molecule has 0 saturated carbocycles. The van der Waals surface area contributed by atoms with Gasteiger partial charge in [0.15, 0.2) is 0 Å². The van der Waals surface area contributed by atoms with Crippen LogP contribution in [0, 0.1) is 5.92 Å². The first kappa shape index (κ1) is 14.5. The van der Waals surface area contributed by atoms with Crippen molar-refractivity contribution in [2.75, 3.05) is 26.3 Å². The molecule has 1 aliphatic rings. The fourth-order valence-corrected chi connectivity index (χ4v) is 2.91. The van der Waals surface area contributed by atoms with Crippen molar-refractivity contribution in [1.29, 1.82) is 0 Å². The topological polar surface area (TPSA) is 15.3 Å². The third-order valence-corrected chi connectivity index (χ3v) is 4.38. The maximum Gasteiger partial charge on any atom is 0.102 e. The molecule has 0 spiro atoms. The Morgan fingerprint density at radius 3 is 2.63 bits per heavy atom. The number of benzene rings is 1. The van der Waals surface area contributed by atoms with E-state index in [9.17, 15) is 4.39 Å².